The van der Waals surface area contributed by atoms with Crippen molar-refractivity contribution in [3.63, 3.8) is 0 Å². The van der Waals surface area contributed by atoms with Gasteiger partial charge in [0.25, 0.3) is 0 Å². The quantitative estimate of drug-likeness (QED) is 0.323. The van der Waals surface area contributed by atoms with Crippen molar-refractivity contribution in [1.82, 2.24) is 25.2 Å². The fraction of sp³-hybridized carbons (Fsp3) is 0.452. The molecule has 2 aromatic rings. The molecular weight excluding hydrogens is 566 g/mol. The Kier molecular flexibility index (Phi) is 9.12. The lowest BCUT2D eigenvalue weighted by atomic mass is 10.1. The molecule has 43 heavy (non-hydrogen) atoms. The number of nitrogens with one attached hydrogen (secondary N) is 3. The predicted molar refractivity (Wildman–Crippen MR) is 166 cm³/mol. The molecule has 2 amide bonds. The second-order valence-corrected chi connectivity index (χ2v) is 13.3. The second kappa shape index (κ2) is 13.2. The number of nitrogens with zero attached hydrogens (tertiary/aromatic N) is 3. The summed E-state index contributed by atoms with van der Waals surface area (Å²) < 4.78 is 35.1. The molecule has 11 nitrogen and oxygen atoms in total. The average Bonchev–Trinajstić information content (AvgIpc) is 3.46. The van der Waals surface area contributed by atoms with Gasteiger partial charge in [0.2, 0.25) is 10.0 Å². The van der Waals surface area contributed by atoms with Crippen LogP contribution in [0.1, 0.15) is 30.4 Å². The number of nitrogens with two attached hydrogens (primary N) is 1. The Morgan fingerprint density at radius 3 is 2.40 bits per heavy atom. The number of ether oxygens (including phenoxy) is 1. The summed E-state index contributed by atoms with van der Waals surface area (Å²) in [5.41, 5.74) is 10.0. The van der Waals surface area contributed by atoms with E-state index in [1.165, 1.54) is 0 Å². The van der Waals surface area contributed by atoms with Crippen LogP contribution < -0.4 is 26.6 Å². The highest BCUT2D eigenvalue weighted by Gasteiger charge is 2.34. The number of anilines is 1. The van der Waals surface area contributed by atoms with Gasteiger partial charge < -0.3 is 26.4 Å². The summed E-state index contributed by atoms with van der Waals surface area (Å²) in [6.07, 6.45) is 5.86. The third-order valence-electron chi connectivity index (χ3n) is 8.60. The molecule has 0 aromatic heterocycles. The fourth-order valence-electron chi connectivity index (χ4n) is 6.12. The molecule has 0 saturated carbocycles. The molecule has 4 heterocycles. The number of sulfonamides is 1. The highest BCUT2D eigenvalue weighted by molar-refractivity contribution is 7.89. The van der Waals surface area contributed by atoms with Gasteiger partial charge in [0.05, 0.1) is 23.8 Å². The van der Waals surface area contributed by atoms with Crippen molar-refractivity contribution in [2.75, 3.05) is 57.4 Å². The van der Waals surface area contributed by atoms with Crippen molar-refractivity contribution in [2.45, 2.75) is 42.9 Å². The number of amides is 2. The van der Waals surface area contributed by atoms with Gasteiger partial charge in [-0.25, -0.2) is 13.2 Å². The summed E-state index contributed by atoms with van der Waals surface area (Å²) in [6.45, 7) is 6.71. The van der Waals surface area contributed by atoms with Gasteiger partial charge in [0.1, 0.15) is 6.17 Å². The Hall–Kier alpha value is -3.26. The lowest BCUT2D eigenvalue weighted by Gasteiger charge is -2.34. The molecule has 4 aliphatic heterocycles. The molecule has 4 aliphatic rings. The van der Waals surface area contributed by atoms with Crippen molar-refractivity contribution in [2.24, 2.45) is 5.73 Å². The van der Waals surface area contributed by atoms with Crippen molar-refractivity contribution in [3.05, 3.63) is 77.5 Å². The zero-order valence-electron chi connectivity index (χ0n) is 24.4. The Morgan fingerprint density at radius 2 is 1.70 bits per heavy atom. The molecule has 2 saturated heterocycles. The summed E-state index contributed by atoms with van der Waals surface area (Å²) in [5.74, 6) is 0. The molecule has 230 valence electrons. The summed E-state index contributed by atoms with van der Waals surface area (Å²) >= 11 is 0. The number of urea groups is 1. The van der Waals surface area contributed by atoms with Crippen LogP contribution in [-0.2, 0) is 21.3 Å². The lowest BCUT2D eigenvalue weighted by Crippen LogP contribution is -2.51. The first kappa shape index (κ1) is 29.8. The minimum Gasteiger partial charge on any atom is -0.379 e. The van der Waals surface area contributed by atoms with E-state index in [1.54, 1.807) is 21.3 Å². The maximum atomic E-state index is 14.0. The number of hydrogen-bond donors (Lipinski definition) is 4. The first-order valence-corrected chi connectivity index (χ1v) is 16.6. The maximum Gasteiger partial charge on any atom is 0.327 e. The van der Waals surface area contributed by atoms with Gasteiger partial charge in [-0.2, -0.15) is 4.31 Å². The van der Waals surface area contributed by atoms with Crippen LogP contribution in [0.5, 0.6) is 0 Å². The summed E-state index contributed by atoms with van der Waals surface area (Å²) in [5, 5.41) is 9.71. The van der Waals surface area contributed by atoms with E-state index in [2.05, 4.69) is 20.9 Å². The normalized spacial score (nSPS) is 21.7. The van der Waals surface area contributed by atoms with Crippen LogP contribution in [0.3, 0.4) is 0 Å². The number of benzene rings is 2. The number of hydrogen-bond acceptors (Lipinski definition) is 8. The largest absolute Gasteiger partial charge is 0.379 e. The molecule has 2 fully saturated rings. The van der Waals surface area contributed by atoms with E-state index in [0.717, 1.165) is 93.3 Å². The summed E-state index contributed by atoms with van der Waals surface area (Å²) in [7, 11) is -3.68. The molecule has 1 atom stereocenters. The zero-order valence-corrected chi connectivity index (χ0v) is 25.2. The number of fused-ring (bicyclic) bond motifs is 1. The smallest absolute Gasteiger partial charge is 0.327 e. The molecule has 1 unspecified atom stereocenters. The summed E-state index contributed by atoms with van der Waals surface area (Å²) in [4.78, 5) is 17.1. The first-order valence-electron chi connectivity index (χ1n) is 15.1. The Balaban J connectivity index is 1.17. The highest BCUT2D eigenvalue weighted by Crippen LogP contribution is 2.30. The van der Waals surface area contributed by atoms with E-state index in [0.29, 0.717) is 18.0 Å². The topological polar surface area (TPSA) is 132 Å². The standard InChI is InChI=1S/C31H41N7O4S/c32-21-23-2-6-26(7-3-23)37-22-25-20-29(34-30(25)35-31(37)39)24-4-8-28(9-5-24)43(40,41)38(27-10-12-33-13-11-27)15-1-14-36-16-18-42-19-17-36/h2-9,20,22,27,30,33-34H,1,10-19,21,32H2,(H,35,39). The molecule has 5 N–H and O–H groups in total. The second-order valence-electron chi connectivity index (χ2n) is 11.4. The number of morpholine rings is 1. The van der Waals surface area contributed by atoms with Crippen molar-refractivity contribution in [3.8, 4) is 0 Å². The van der Waals surface area contributed by atoms with Crippen LogP contribution in [0.25, 0.3) is 5.70 Å². The van der Waals surface area contributed by atoms with Crippen LogP contribution in [0.15, 0.2) is 71.3 Å². The van der Waals surface area contributed by atoms with Crippen molar-refractivity contribution in [1.29, 1.82) is 0 Å². The average molecular weight is 608 g/mol. The third kappa shape index (κ3) is 6.64. The molecule has 12 heteroatoms. The monoisotopic (exact) mass is 607 g/mol. The van der Waals surface area contributed by atoms with Crippen LogP contribution in [0.4, 0.5) is 10.5 Å². The van der Waals surface area contributed by atoms with Crippen LogP contribution >= 0.6 is 0 Å². The number of piperidine rings is 1. The molecule has 0 aliphatic carbocycles. The van der Waals surface area contributed by atoms with Gasteiger partial charge in [-0.3, -0.25) is 9.80 Å². The number of rotatable bonds is 10. The van der Waals surface area contributed by atoms with Gasteiger partial charge in [-0.05, 0) is 80.4 Å². The van der Waals surface area contributed by atoms with Crippen molar-refractivity contribution < 1.29 is 17.9 Å². The molecule has 0 radical (unpaired) electrons. The van der Waals surface area contributed by atoms with E-state index >= 15 is 0 Å². The third-order valence-corrected chi connectivity index (χ3v) is 10.6. The van der Waals surface area contributed by atoms with E-state index in [1.807, 2.05) is 48.7 Å². The number of carbonyl (C=O) groups excluding carboxylic acids is 1. The molecule has 0 spiro atoms. The highest BCUT2D eigenvalue weighted by atomic mass is 32.2. The van der Waals surface area contributed by atoms with Gasteiger partial charge >= 0.3 is 6.03 Å². The Bertz CT molecular complexity index is 1450. The van der Waals surface area contributed by atoms with Crippen LogP contribution in [0.2, 0.25) is 0 Å². The minimum absolute atomic E-state index is 0.0112. The van der Waals surface area contributed by atoms with Gasteiger partial charge in [-0.15, -0.1) is 0 Å². The molecule has 6 rings (SSSR count). The Labute approximate surface area is 253 Å². The zero-order chi connectivity index (χ0) is 29.8. The fourth-order valence-corrected chi connectivity index (χ4v) is 7.85. The van der Waals surface area contributed by atoms with E-state index in [9.17, 15) is 13.2 Å². The van der Waals surface area contributed by atoms with Gasteiger partial charge in [0, 0.05) is 49.7 Å². The molecule has 2 aromatic carbocycles. The van der Waals surface area contributed by atoms with Crippen LogP contribution in [0, 0.1) is 0 Å². The lowest BCUT2D eigenvalue weighted by molar-refractivity contribution is 0.0365. The van der Waals surface area contributed by atoms with E-state index < -0.39 is 10.0 Å². The van der Waals surface area contributed by atoms with Gasteiger partial charge in [0.15, 0.2) is 0 Å². The maximum absolute atomic E-state index is 14.0. The van der Waals surface area contributed by atoms with Crippen LogP contribution in [-0.4, -0.2) is 88.3 Å². The van der Waals surface area contributed by atoms with E-state index in [-0.39, 0.29) is 18.2 Å². The first-order chi connectivity index (χ1) is 20.9. The molecular formula is C31H41N7O4S. The van der Waals surface area contributed by atoms with Crippen molar-refractivity contribution >= 4 is 27.4 Å². The number of carbonyl (C=O) groups is 1. The molecule has 0 bridgehead atoms. The van der Waals surface area contributed by atoms with Gasteiger partial charge in [-0.1, -0.05) is 24.3 Å². The summed E-state index contributed by atoms with van der Waals surface area (Å²) in [6, 6.07) is 14.4. The Morgan fingerprint density at radius 1 is 0.977 bits per heavy atom. The minimum atomic E-state index is -3.68. The van der Waals surface area contributed by atoms with E-state index in [4.69, 9.17) is 10.5 Å². The predicted octanol–water partition coefficient (Wildman–Crippen LogP) is 1.99. The SMILES string of the molecule is NCc1ccc(N2C=C3C=C(c4ccc(S(=O)(=O)N(CCCN5CCOCC5)C5CCNCC5)cc4)NC3NC2=O)cc1.